The van der Waals surface area contributed by atoms with Gasteiger partial charge in [-0.15, -0.1) is 0 Å². The zero-order chi connectivity index (χ0) is 21.0. The van der Waals surface area contributed by atoms with Crippen LogP contribution < -0.4 is 20.1 Å². The number of carbonyl (C=O) groups is 1. The third kappa shape index (κ3) is 4.82. The molecule has 0 saturated carbocycles. The highest BCUT2D eigenvalue weighted by molar-refractivity contribution is 6.03. The molecule has 1 aromatic heterocycles. The molecule has 3 aromatic rings. The molecule has 0 aliphatic carbocycles. The summed E-state index contributed by atoms with van der Waals surface area (Å²) in [6.45, 7) is 5.71. The number of nitrogens with zero attached hydrogens (tertiary/aromatic N) is 2. The lowest BCUT2D eigenvalue weighted by Crippen LogP contribution is -2.16. The van der Waals surface area contributed by atoms with E-state index in [1.807, 2.05) is 44.2 Å². The van der Waals surface area contributed by atoms with Gasteiger partial charge in [0.15, 0.2) is 0 Å². The Morgan fingerprint density at radius 2 is 1.66 bits per heavy atom. The molecule has 0 fully saturated rings. The van der Waals surface area contributed by atoms with Crippen LogP contribution in [0, 0.1) is 20.8 Å². The number of amides is 1. The molecule has 0 spiro atoms. The lowest BCUT2D eigenvalue weighted by Gasteiger charge is -2.13. The maximum atomic E-state index is 12.7. The zero-order valence-corrected chi connectivity index (χ0v) is 17.2. The van der Waals surface area contributed by atoms with Gasteiger partial charge < -0.3 is 20.1 Å². The molecule has 3 rings (SSSR count). The molecular formula is C22H24N4O3. The van der Waals surface area contributed by atoms with Crippen molar-refractivity contribution >= 4 is 23.1 Å². The lowest BCUT2D eigenvalue weighted by atomic mass is 10.1. The van der Waals surface area contributed by atoms with Gasteiger partial charge in [-0.25, -0.2) is 9.97 Å². The highest BCUT2D eigenvalue weighted by Crippen LogP contribution is 2.31. The molecule has 1 amide bonds. The number of hydrogen-bond acceptors (Lipinski definition) is 6. The van der Waals surface area contributed by atoms with E-state index in [2.05, 4.69) is 20.6 Å². The van der Waals surface area contributed by atoms with Crippen LogP contribution in [0.2, 0.25) is 0 Å². The molecule has 7 nitrogen and oxygen atoms in total. The molecule has 0 unspecified atom stereocenters. The Hall–Kier alpha value is -3.61. The summed E-state index contributed by atoms with van der Waals surface area (Å²) in [6, 6.07) is 12.9. The second-order valence-electron chi connectivity index (χ2n) is 6.65. The van der Waals surface area contributed by atoms with E-state index in [9.17, 15) is 4.79 Å². The molecule has 0 aliphatic heterocycles. The molecule has 150 valence electrons. The second kappa shape index (κ2) is 8.60. The molecule has 1 heterocycles. The van der Waals surface area contributed by atoms with E-state index in [4.69, 9.17) is 9.47 Å². The average molecular weight is 392 g/mol. The quantitative estimate of drug-likeness (QED) is 0.646. The van der Waals surface area contributed by atoms with Gasteiger partial charge in [-0.3, -0.25) is 4.79 Å². The average Bonchev–Trinajstić information content (AvgIpc) is 2.70. The highest BCUT2D eigenvalue weighted by atomic mass is 16.5. The van der Waals surface area contributed by atoms with Crippen LogP contribution >= 0.6 is 0 Å². The summed E-state index contributed by atoms with van der Waals surface area (Å²) in [6.07, 6.45) is 0. The zero-order valence-electron chi connectivity index (χ0n) is 17.2. The van der Waals surface area contributed by atoms with Crippen LogP contribution in [-0.2, 0) is 0 Å². The number of methoxy groups -OCH3 is 2. The minimum absolute atomic E-state index is 0.271. The minimum atomic E-state index is -0.299. The van der Waals surface area contributed by atoms with Crippen LogP contribution in [0.25, 0.3) is 0 Å². The van der Waals surface area contributed by atoms with E-state index in [0.717, 1.165) is 16.8 Å². The summed E-state index contributed by atoms with van der Waals surface area (Å²) in [5, 5.41) is 6.09. The van der Waals surface area contributed by atoms with Crippen molar-refractivity contribution in [1.29, 1.82) is 0 Å². The summed E-state index contributed by atoms with van der Waals surface area (Å²) in [5.74, 6) is 1.95. The number of ether oxygens (including phenoxy) is 2. The summed E-state index contributed by atoms with van der Waals surface area (Å²) < 4.78 is 10.6. The van der Waals surface area contributed by atoms with Gasteiger partial charge >= 0.3 is 0 Å². The van der Waals surface area contributed by atoms with Crippen molar-refractivity contribution in [2.45, 2.75) is 20.8 Å². The van der Waals surface area contributed by atoms with E-state index in [1.54, 1.807) is 33.3 Å². The topological polar surface area (TPSA) is 85.4 Å². The van der Waals surface area contributed by atoms with E-state index in [-0.39, 0.29) is 11.6 Å². The third-order valence-electron chi connectivity index (χ3n) is 4.37. The molecule has 7 heteroatoms. The summed E-state index contributed by atoms with van der Waals surface area (Å²) in [5.41, 5.74) is 3.85. The Morgan fingerprint density at radius 1 is 0.897 bits per heavy atom. The van der Waals surface area contributed by atoms with Gasteiger partial charge in [0.2, 0.25) is 0 Å². The number of nitrogens with one attached hydrogen (secondary N) is 2. The first kappa shape index (κ1) is 20.1. The number of carbonyl (C=O) groups excluding carboxylic acids is 1. The molecule has 0 atom stereocenters. The SMILES string of the molecule is COc1ccc(Nc2cc(C(=O)Nc3ccc(C)cc3C)nc(C)n2)c(OC)c1. The van der Waals surface area contributed by atoms with E-state index < -0.39 is 0 Å². The Kier molecular flexibility index (Phi) is 5.97. The number of hydrogen-bond donors (Lipinski definition) is 2. The molecule has 29 heavy (non-hydrogen) atoms. The fourth-order valence-electron chi connectivity index (χ4n) is 2.93. The molecule has 0 saturated heterocycles. The van der Waals surface area contributed by atoms with Gasteiger partial charge in [0.25, 0.3) is 5.91 Å². The van der Waals surface area contributed by atoms with Crippen molar-refractivity contribution in [3.63, 3.8) is 0 Å². The van der Waals surface area contributed by atoms with Gasteiger partial charge in [-0.2, -0.15) is 0 Å². The van der Waals surface area contributed by atoms with Crippen LogP contribution in [0.5, 0.6) is 11.5 Å². The van der Waals surface area contributed by atoms with Gasteiger partial charge in [0.05, 0.1) is 19.9 Å². The predicted molar refractivity (Wildman–Crippen MR) is 113 cm³/mol. The lowest BCUT2D eigenvalue weighted by molar-refractivity contribution is 0.102. The van der Waals surface area contributed by atoms with Crippen molar-refractivity contribution in [2.75, 3.05) is 24.9 Å². The standard InChI is InChI=1S/C22H24N4O3/c1-13-6-8-17(14(2)10-13)26-22(27)19-12-21(24-15(3)23-19)25-18-9-7-16(28-4)11-20(18)29-5/h6-12H,1-5H3,(H,26,27)(H,23,24,25). The monoisotopic (exact) mass is 392 g/mol. The first-order valence-electron chi connectivity index (χ1n) is 9.13. The van der Waals surface area contributed by atoms with Gasteiger partial charge in [-0.05, 0) is 44.5 Å². The Morgan fingerprint density at radius 3 is 2.34 bits per heavy atom. The molecule has 2 N–H and O–H groups in total. The first-order valence-corrected chi connectivity index (χ1v) is 9.13. The van der Waals surface area contributed by atoms with Crippen molar-refractivity contribution in [1.82, 2.24) is 9.97 Å². The summed E-state index contributed by atoms with van der Waals surface area (Å²) >= 11 is 0. The van der Waals surface area contributed by atoms with Crippen molar-refractivity contribution in [3.05, 3.63) is 65.1 Å². The summed E-state index contributed by atoms with van der Waals surface area (Å²) in [4.78, 5) is 21.4. The Bertz CT molecular complexity index is 1050. The van der Waals surface area contributed by atoms with Gasteiger partial charge in [0, 0.05) is 17.8 Å². The molecule has 2 aromatic carbocycles. The van der Waals surface area contributed by atoms with Crippen LogP contribution in [0.3, 0.4) is 0 Å². The van der Waals surface area contributed by atoms with Gasteiger partial charge in [-0.1, -0.05) is 17.7 Å². The molecule has 0 radical (unpaired) electrons. The number of benzene rings is 2. The fraction of sp³-hybridized carbons (Fsp3) is 0.227. The van der Waals surface area contributed by atoms with Crippen LogP contribution in [0.4, 0.5) is 17.2 Å². The molecular weight excluding hydrogens is 368 g/mol. The van der Waals surface area contributed by atoms with Crippen molar-refractivity contribution in [2.24, 2.45) is 0 Å². The number of aryl methyl sites for hydroxylation is 3. The van der Waals surface area contributed by atoms with Crippen LogP contribution in [-0.4, -0.2) is 30.1 Å². The van der Waals surface area contributed by atoms with E-state index in [1.165, 1.54) is 0 Å². The number of aromatic nitrogens is 2. The first-order chi connectivity index (χ1) is 13.9. The Labute approximate surface area is 170 Å². The van der Waals surface area contributed by atoms with Crippen molar-refractivity contribution < 1.29 is 14.3 Å². The van der Waals surface area contributed by atoms with Crippen LogP contribution in [0.15, 0.2) is 42.5 Å². The fourth-order valence-corrected chi connectivity index (χ4v) is 2.93. The van der Waals surface area contributed by atoms with Crippen molar-refractivity contribution in [3.8, 4) is 11.5 Å². The Balaban J connectivity index is 1.85. The number of rotatable bonds is 6. The largest absolute Gasteiger partial charge is 0.497 e. The normalized spacial score (nSPS) is 10.4. The second-order valence-corrected chi connectivity index (χ2v) is 6.65. The molecule has 0 bridgehead atoms. The smallest absolute Gasteiger partial charge is 0.274 e. The number of anilines is 3. The minimum Gasteiger partial charge on any atom is -0.497 e. The van der Waals surface area contributed by atoms with E-state index in [0.29, 0.717) is 28.8 Å². The summed E-state index contributed by atoms with van der Waals surface area (Å²) in [7, 11) is 3.17. The van der Waals surface area contributed by atoms with Gasteiger partial charge in [0.1, 0.15) is 28.8 Å². The van der Waals surface area contributed by atoms with E-state index >= 15 is 0 Å². The third-order valence-corrected chi connectivity index (χ3v) is 4.37. The maximum absolute atomic E-state index is 12.7. The van der Waals surface area contributed by atoms with Crippen LogP contribution in [0.1, 0.15) is 27.4 Å². The molecule has 0 aliphatic rings. The maximum Gasteiger partial charge on any atom is 0.274 e. The predicted octanol–water partition coefficient (Wildman–Crippen LogP) is 4.41. The highest BCUT2D eigenvalue weighted by Gasteiger charge is 2.13.